The highest BCUT2D eigenvalue weighted by Crippen LogP contribution is 2.35. The number of rotatable bonds is 36. The van der Waals surface area contributed by atoms with Crippen LogP contribution in [-0.4, -0.2) is 127 Å². The molecule has 28 nitrogen and oxygen atoms in total. The van der Waals surface area contributed by atoms with Crippen LogP contribution in [0.25, 0.3) is 75.9 Å². The van der Waals surface area contributed by atoms with E-state index in [2.05, 4.69) is 219 Å². The average Bonchev–Trinajstić information content (AvgIpc) is 0.773. The number of nitrogens with one attached hydrogen (secondary N) is 2. The van der Waals surface area contributed by atoms with Crippen LogP contribution in [0.4, 0.5) is 52.0 Å². The summed E-state index contributed by atoms with van der Waals surface area (Å²) in [6.45, 7) is 31.6. The molecule has 0 saturated heterocycles. The van der Waals surface area contributed by atoms with Crippen molar-refractivity contribution in [1.82, 2.24) is 60.5 Å². The van der Waals surface area contributed by atoms with Crippen molar-refractivity contribution in [3.05, 3.63) is 251 Å². The number of alkyl carbamates (subject to hydrolysis) is 1. The lowest BCUT2D eigenvalue weighted by atomic mass is 9.99. The first-order chi connectivity index (χ1) is 65.4. The monoisotopic (exact) mass is 1820 g/mol. The second-order valence-electron chi connectivity index (χ2n) is 34.0. The third-order valence-corrected chi connectivity index (χ3v) is 22.8. The van der Waals surface area contributed by atoms with E-state index < -0.39 is 11.7 Å². The molecule has 708 valence electrons. The summed E-state index contributed by atoms with van der Waals surface area (Å²) in [4.78, 5) is 73.0. The summed E-state index contributed by atoms with van der Waals surface area (Å²) in [5, 5.41) is 28.5. The van der Waals surface area contributed by atoms with E-state index >= 15 is 0 Å². The van der Waals surface area contributed by atoms with Gasteiger partial charge >= 0.3 is 6.09 Å². The summed E-state index contributed by atoms with van der Waals surface area (Å²) in [5.41, 5.74) is 50.4. The van der Waals surface area contributed by atoms with Crippen LogP contribution in [0.5, 0.6) is 11.5 Å². The van der Waals surface area contributed by atoms with Crippen molar-refractivity contribution in [2.75, 3.05) is 102 Å². The highest BCUT2D eigenvalue weighted by atomic mass is 16.6. The molecule has 0 aliphatic heterocycles. The Morgan fingerprint density at radius 3 is 1.24 bits per heavy atom. The minimum absolute atomic E-state index is 0.0529. The molecule has 0 fully saturated rings. The number of aldehydes is 1. The van der Waals surface area contributed by atoms with Crippen LogP contribution in [0.15, 0.2) is 201 Å². The van der Waals surface area contributed by atoms with Gasteiger partial charge in [0.2, 0.25) is 29.7 Å². The van der Waals surface area contributed by atoms with E-state index in [0.29, 0.717) is 98.0 Å². The Morgan fingerprint density at radius 2 is 0.793 bits per heavy atom. The molecule has 1 amide bonds. The molecule has 0 radical (unpaired) electrons. The standard InChI is InChI=1S/C28H36N8O3.C23H28N8O.C22H25N5.C17H23N.C12H10O.C5H13N/c1-5-38-22-13-12-18-10-6-7-11-19(18)21(22)17-36(15-9-8-14-31-27(37)39-28(2,3)4)26-32-16-20-23(29)33-25(30)34-24(20)35-26;1-2-32-19-10-9-15-7-3-4-8-16(15)18(19)14-31(12-6-5-11-24)23-27-13-17-20(25)28-22(26)29-21(17)30-23;1-3-4-7-12-27(22-25-14-18(13-23)21(24)26-22)15-20-16(2)10-11-17-8-5-6-9-19(17)20;1-3-4-7-12-18-13-17-14(2)10-11-15-8-5-6-9-16(15)17;1-9-6-7-10-4-2-3-5-11(10)12(9)8-13;1-2-3-4-5-6/h6-7,10-13,16H,5,8-9,14-15,17H2,1-4H3,(H,31,37)(H4,29,30,32,33,34,35);3-4,7-10,13H,2,5-6,11-12,14,24H2,1H3,(H4,25,26,27,28,29,30);5-6,8-11,14H,3-4,7,12,15H2,1-2H3,(H2,24,25,26);5-6,8-11,18H,3-4,7,12-13H2,1-2H3;2-8H,1H3;2-6H2,1H3. The van der Waals surface area contributed by atoms with E-state index in [1.165, 1.54) is 88.5 Å². The molecule has 15 aromatic rings. The number of amides is 1. The number of nitriles is 1. The van der Waals surface area contributed by atoms with Crippen LogP contribution in [0.1, 0.15) is 194 Å². The van der Waals surface area contributed by atoms with Crippen molar-refractivity contribution < 1.29 is 23.8 Å². The van der Waals surface area contributed by atoms with Gasteiger partial charge in [-0.2, -0.15) is 40.1 Å². The van der Waals surface area contributed by atoms with Crippen molar-refractivity contribution in [2.24, 2.45) is 11.5 Å². The molecule has 0 saturated carbocycles. The molecular weight excluding hydrogens is 1690 g/mol. The fourth-order valence-electron chi connectivity index (χ4n) is 15.6. The molecule has 0 unspecified atom stereocenters. The molecule has 0 spiro atoms. The average molecular weight is 1820 g/mol. The third kappa shape index (κ3) is 29.9. The minimum atomic E-state index is -0.540. The van der Waals surface area contributed by atoms with Crippen LogP contribution >= 0.6 is 0 Å². The van der Waals surface area contributed by atoms with Crippen molar-refractivity contribution in [1.29, 1.82) is 5.26 Å². The number of hydrogen-bond donors (Lipinski definition) is 9. The Morgan fingerprint density at radius 1 is 0.415 bits per heavy atom. The Labute approximate surface area is 794 Å². The van der Waals surface area contributed by atoms with E-state index in [9.17, 15) is 9.59 Å². The van der Waals surface area contributed by atoms with Gasteiger partial charge in [-0.1, -0.05) is 229 Å². The molecule has 0 aliphatic carbocycles. The SMILES string of the molecule is CCCCCN.CCCCCN(Cc1c(C)ccc2ccccc12)c1ncc(C#N)c(N)n1.CCCCCNCc1c(C)ccc2ccccc12.CCOc1ccc2ccccc2c1CN(CCCCN)c1ncc2c(N)nc(N)nc2n1.CCOc1ccc2ccccc2c1CN(CCCCNC(=O)OC(C)(C)C)c1ncc2c(N)nc(N)nc2n1.Cc1ccc2ccccc2c1C=O. The zero-order chi connectivity index (χ0) is 96.6. The van der Waals surface area contributed by atoms with Gasteiger partial charge in [-0.15, -0.1) is 0 Å². The lowest BCUT2D eigenvalue weighted by Crippen LogP contribution is -2.33. The first-order valence-corrected chi connectivity index (χ1v) is 47.1. The summed E-state index contributed by atoms with van der Waals surface area (Å²) in [6, 6.07) is 64.5. The van der Waals surface area contributed by atoms with Gasteiger partial charge < -0.3 is 79.7 Å². The van der Waals surface area contributed by atoms with Crippen LogP contribution in [0, 0.1) is 32.1 Å². The molecule has 5 aromatic heterocycles. The molecule has 0 bridgehead atoms. The number of nitrogens with zero attached hydrogens (tertiary/aromatic N) is 14. The predicted molar refractivity (Wildman–Crippen MR) is 555 cm³/mol. The second kappa shape index (κ2) is 52.8. The van der Waals surface area contributed by atoms with E-state index in [4.69, 9.17) is 59.6 Å². The first-order valence-electron chi connectivity index (χ1n) is 47.1. The van der Waals surface area contributed by atoms with E-state index in [0.717, 1.165) is 150 Å². The summed E-state index contributed by atoms with van der Waals surface area (Å²) < 4.78 is 17.3. The number of hydrogen-bond acceptors (Lipinski definition) is 27. The number of unbranched alkanes of at least 4 members (excludes halogenated alkanes) is 8. The van der Waals surface area contributed by atoms with Crippen LogP contribution in [0.2, 0.25) is 0 Å². The summed E-state index contributed by atoms with van der Waals surface area (Å²) in [5.74, 6) is 4.14. The van der Waals surface area contributed by atoms with Gasteiger partial charge in [0, 0.05) is 68.4 Å². The number of nitrogens with two attached hydrogens (primary N) is 7. The van der Waals surface area contributed by atoms with Gasteiger partial charge in [0.25, 0.3) is 0 Å². The number of nitrogen functional groups attached to an aromatic ring is 5. The fraction of sp³-hybridized carbons (Fsp3) is 0.355. The smallest absolute Gasteiger partial charge is 0.407 e. The number of aryl methyl sites for hydroxylation is 3. The second-order valence-corrected chi connectivity index (χ2v) is 34.0. The first kappa shape index (κ1) is 103. The van der Waals surface area contributed by atoms with Gasteiger partial charge in [0.05, 0.1) is 43.3 Å². The number of carbonyl (C=O) groups is 2. The minimum Gasteiger partial charge on any atom is -0.494 e. The molecule has 0 atom stereocenters. The highest BCUT2D eigenvalue weighted by Gasteiger charge is 2.23. The van der Waals surface area contributed by atoms with E-state index in [1.807, 2.05) is 120 Å². The molecule has 16 N–H and O–H groups in total. The number of fused-ring (bicyclic) bond motifs is 7. The van der Waals surface area contributed by atoms with Gasteiger partial charge in [0.1, 0.15) is 46.2 Å². The zero-order valence-electron chi connectivity index (χ0n) is 80.4. The van der Waals surface area contributed by atoms with Crippen LogP contribution in [-0.2, 0) is 30.9 Å². The number of ether oxygens (including phenoxy) is 3. The third-order valence-electron chi connectivity index (χ3n) is 22.8. The zero-order valence-corrected chi connectivity index (χ0v) is 80.4. The van der Waals surface area contributed by atoms with Gasteiger partial charge in [-0.05, 0) is 214 Å². The molecule has 135 heavy (non-hydrogen) atoms. The number of benzene rings is 10. The lowest BCUT2D eigenvalue weighted by molar-refractivity contribution is 0.0526. The summed E-state index contributed by atoms with van der Waals surface area (Å²) in [6.07, 6.45) is 19.6. The maximum atomic E-state index is 12.0. The molecule has 28 heteroatoms. The van der Waals surface area contributed by atoms with Gasteiger partial charge in [-0.25, -0.2) is 19.7 Å². The molecule has 10 aromatic carbocycles. The summed E-state index contributed by atoms with van der Waals surface area (Å²) >= 11 is 0. The highest BCUT2D eigenvalue weighted by molar-refractivity contribution is 6.00. The van der Waals surface area contributed by atoms with E-state index in [1.54, 1.807) is 12.4 Å². The van der Waals surface area contributed by atoms with E-state index in [-0.39, 0.29) is 29.4 Å². The lowest BCUT2D eigenvalue weighted by Gasteiger charge is -2.25. The topological polar surface area (TPSA) is 430 Å². The fourth-order valence-corrected chi connectivity index (χ4v) is 15.6. The normalized spacial score (nSPS) is 11.0. The van der Waals surface area contributed by atoms with Crippen molar-refractivity contribution in [2.45, 2.75) is 191 Å². The Balaban J connectivity index is 0.000000178. The summed E-state index contributed by atoms with van der Waals surface area (Å²) in [7, 11) is 0. The number of anilines is 8. The number of aromatic nitrogens is 10. The quantitative estimate of drug-likeness (QED) is 0.0130. The van der Waals surface area contributed by atoms with Gasteiger partial charge in [0.15, 0.2) is 17.6 Å². The van der Waals surface area contributed by atoms with Crippen molar-refractivity contribution in [3.63, 3.8) is 0 Å². The molecular formula is C107H135N23O5. The number of carbonyl (C=O) groups excluding carboxylic acids is 2. The van der Waals surface area contributed by atoms with Crippen molar-refractivity contribution >= 4 is 136 Å². The maximum Gasteiger partial charge on any atom is 0.407 e. The van der Waals surface area contributed by atoms with Crippen molar-refractivity contribution in [3.8, 4) is 17.6 Å². The molecule has 5 heterocycles. The van der Waals surface area contributed by atoms with Crippen LogP contribution in [0.3, 0.4) is 0 Å². The maximum absolute atomic E-state index is 12.0. The largest absolute Gasteiger partial charge is 0.494 e. The Hall–Kier alpha value is -14.3. The molecule has 0 aliphatic rings. The van der Waals surface area contributed by atoms with Crippen LogP contribution < -0.4 is 74.9 Å². The predicted octanol–water partition coefficient (Wildman–Crippen LogP) is 20.4. The Kier molecular flexibility index (Phi) is 40.2. The Bertz CT molecular complexity index is 6400. The van der Waals surface area contributed by atoms with Gasteiger partial charge in [-0.3, -0.25) is 4.79 Å². The molecule has 15 rings (SSSR count).